The number of hydrogen-bond acceptors (Lipinski definition) is 3. The first-order chi connectivity index (χ1) is 9.26. The van der Waals surface area contributed by atoms with Crippen molar-refractivity contribution in [1.82, 2.24) is 0 Å². The van der Waals surface area contributed by atoms with Crippen LogP contribution in [0, 0.1) is 5.92 Å². The first-order valence-electron chi connectivity index (χ1n) is 7.02. The zero-order valence-corrected chi connectivity index (χ0v) is 11.8. The summed E-state index contributed by atoms with van der Waals surface area (Å²) in [5.74, 6) is 1.73. The van der Waals surface area contributed by atoms with Crippen LogP contribution < -0.4 is 9.47 Å². The first kappa shape index (κ1) is 13.9. The van der Waals surface area contributed by atoms with Crippen molar-refractivity contribution in [1.29, 1.82) is 0 Å². The van der Waals surface area contributed by atoms with Crippen LogP contribution in [0.5, 0.6) is 11.5 Å². The van der Waals surface area contributed by atoms with E-state index in [9.17, 15) is 4.79 Å². The van der Waals surface area contributed by atoms with Gasteiger partial charge in [-0.3, -0.25) is 4.79 Å². The monoisotopic (exact) mass is 262 g/mol. The van der Waals surface area contributed by atoms with E-state index in [1.807, 2.05) is 12.1 Å². The zero-order chi connectivity index (χ0) is 13.7. The summed E-state index contributed by atoms with van der Waals surface area (Å²) < 4.78 is 10.5. The molecular formula is C16H22O3. The predicted molar refractivity (Wildman–Crippen MR) is 75.1 cm³/mol. The minimum absolute atomic E-state index is 0.181. The van der Waals surface area contributed by atoms with Crippen molar-refractivity contribution < 1.29 is 14.3 Å². The molecule has 1 aliphatic carbocycles. The molecule has 0 unspecified atom stereocenters. The van der Waals surface area contributed by atoms with E-state index in [1.165, 1.54) is 25.7 Å². The molecule has 19 heavy (non-hydrogen) atoms. The van der Waals surface area contributed by atoms with E-state index in [0.29, 0.717) is 11.5 Å². The van der Waals surface area contributed by atoms with Gasteiger partial charge in [-0.25, -0.2) is 0 Å². The number of methoxy groups -OCH3 is 2. The smallest absolute Gasteiger partial charge is 0.166 e. The number of hydrogen-bond donors (Lipinski definition) is 0. The van der Waals surface area contributed by atoms with E-state index in [2.05, 4.69) is 0 Å². The maximum absolute atomic E-state index is 12.5. The predicted octanol–water partition coefficient (Wildman–Crippen LogP) is 3.86. The van der Waals surface area contributed by atoms with Crippen molar-refractivity contribution in [2.75, 3.05) is 14.2 Å². The quantitative estimate of drug-likeness (QED) is 0.610. The van der Waals surface area contributed by atoms with Crippen LogP contribution in [0.25, 0.3) is 0 Å². The lowest BCUT2D eigenvalue weighted by Gasteiger charge is -2.14. The van der Waals surface area contributed by atoms with Crippen molar-refractivity contribution in [3.05, 3.63) is 23.8 Å². The third kappa shape index (κ3) is 3.28. The van der Waals surface area contributed by atoms with Crippen molar-refractivity contribution in [2.24, 2.45) is 5.92 Å². The summed E-state index contributed by atoms with van der Waals surface area (Å²) in [5.41, 5.74) is 0.740. The van der Waals surface area contributed by atoms with Crippen LogP contribution in [0.15, 0.2) is 18.2 Å². The minimum Gasteiger partial charge on any atom is -0.493 e. The normalized spacial score (nSPS) is 16.7. The number of rotatable bonds is 4. The summed E-state index contributed by atoms with van der Waals surface area (Å²) in [5, 5.41) is 0. The Balaban J connectivity index is 2.18. The minimum atomic E-state index is 0.181. The molecule has 2 rings (SSSR count). The number of Topliss-reactive ketones (excluding diaryl/α,β-unsaturated/α-hetero) is 1. The number of ether oxygens (including phenoxy) is 2. The second-order valence-electron chi connectivity index (χ2n) is 5.12. The highest BCUT2D eigenvalue weighted by Crippen LogP contribution is 2.31. The van der Waals surface area contributed by atoms with Gasteiger partial charge in [0.05, 0.1) is 14.2 Å². The average molecular weight is 262 g/mol. The largest absolute Gasteiger partial charge is 0.493 e. The molecule has 1 aromatic rings. The van der Waals surface area contributed by atoms with E-state index < -0.39 is 0 Å². The molecule has 0 spiro atoms. The van der Waals surface area contributed by atoms with Gasteiger partial charge < -0.3 is 9.47 Å². The molecule has 0 aromatic heterocycles. The highest BCUT2D eigenvalue weighted by molar-refractivity contribution is 5.98. The molecular weight excluding hydrogens is 240 g/mol. The van der Waals surface area contributed by atoms with Crippen LogP contribution in [0.2, 0.25) is 0 Å². The van der Waals surface area contributed by atoms with Gasteiger partial charge in [-0.05, 0) is 31.0 Å². The van der Waals surface area contributed by atoms with Crippen LogP contribution in [-0.4, -0.2) is 20.0 Å². The van der Waals surface area contributed by atoms with Gasteiger partial charge >= 0.3 is 0 Å². The highest BCUT2D eigenvalue weighted by Gasteiger charge is 2.22. The Labute approximate surface area is 114 Å². The van der Waals surface area contributed by atoms with Gasteiger partial charge in [0, 0.05) is 11.5 Å². The summed E-state index contributed by atoms with van der Waals surface area (Å²) in [6, 6.07) is 5.45. The lowest BCUT2D eigenvalue weighted by atomic mass is 9.91. The molecule has 0 atom stereocenters. The number of carbonyl (C=O) groups is 1. The average Bonchev–Trinajstić information content (AvgIpc) is 2.74. The Morgan fingerprint density at radius 2 is 1.63 bits per heavy atom. The number of carbonyl (C=O) groups excluding carboxylic acids is 1. The Morgan fingerprint density at radius 3 is 2.21 bits per heavy atom. The van der Waals surface area contributed by atoms with Crippen LogP contribution in [0.1, 0.15) is 48.9 Å². The van der Waals surface area contributed by atoms with Crippen LogP contribution in [0.4, 0.5) is 0 Å². The summed E-state index contributed by atoms with van der Waals surface area (Å²) in [6.07, 6.45) is 6.90. The van der Waals surface area contributed by atoms with E-state index in [1.54, 1.807) is 20.3 Å². The molecule has 0 bridgehead atoms. The molecule has 0 heterocycles. The van der Waals surface area contributed by atoms with E-state index in [0.717, 1.165) is 18.4 Å². The summed E-state index contributed by atoms with van der Waals surface area (Å²) in [6.45, 7) is 0. The molecule has 0 amide bonds. The Kier molecular flexibility index (Phi) is 4.83. The van der Waals surface area contributed by atoms with Crippen molar-refractivity contribution in [2.45, 2.75) is 38.5 Å². The molecule has 3 nitrogen and oxygen atoms in total. The van der Waals surface area contributed by atoms with Crippen LogP contribution >= 0.6 is 0 Å². The third-order valence-corrected chi connectivity index (χ3v) is 3.89. The SMILES string of the molecule is COc1ccc(C(=O)C2CCCCCC2)cc1OC. The molecule has 0 aliphatic heterocycles. The number of ketones is 1. The van der Waals surface area contributed by atoms with Gasteiger partial charge in [-0.1, -0.05) is 25.7 Å². The Morgan fingerprint density at radius 1 is 1.00 bits per heavy atom. The number of benzene rings is 1. The molecule has 1 aliphatic rings. The lowest BCUT2D eigenvalue weighted by Crippen LogP contribution is -2.14. The van der Waals surface area contributed by atoms with Gasteiger partial charge in [0.1, 0.15) is 0 Å². The Hall–Kier alpha value is -1.51. The van der Waals surface area contributed by atoms with Crippen molar-refractivity contribution in [3.8, 4) is 11.5 Å². The molecule has 3 heteroatoms. The molecule has 1 aromatic carbocycles. The van der Waals surface area contributed by atoms with E-state index in [4.69, 9.17) is 9.47 Å². The molecule has 0 saturated heterocycles. The second-order valence-corrected chi connectivity index (χ2v) is 5.12. The van der Waals surface area contributed by atoms with Gasteiger partial charge in [0.25, 0.3) is 0 Å². The summed E-state index contributed by atoms with van der Waals surface area (Å²) >= 11 is 0. The maximum atomic E-state index is 12.5. The van der Waals surface area contributed by atoms with Gasteiger partial charge in [0.2, 0.25) is 0 Å². The fourth-order valence-electron chi connectivity index (χ4n) is 2.77. The maximum Gasteiger partial charge on any atom is 0.166 e. The van der Waals surface area contributed by atoms with Gasteiger partial charge in [0.15, 0.2) is 17.3 Å². The molecule has 104 valence electrons. The van der Waals surface area contributed by atoms with Crippen LogP contribution in [-0.2, 0) is 0 Å². The standard InChI is InChI=1S/C16H22O3/c1-18-14-10-9-13(11-15(14)19-2)16(17)12-7-5-3-4-6-8-12/h9-12H,3-8H2,1-2H3. The second kappa shape index (κ2) is 6.60. The van der Waals surface area contributed by atoms with Crippen molar-refractivity contribution >= 4 is 5.78 Å². The van der Waals surface area contributed by atoms with Crippen molar-refractivity contribution in [3.63, 3.8) is 0 Å². The fourth-order valence-corrected chi connectivity index (χ4v) is 2.77. The third-order valence-electron chi connectivity index (χ3n) is 3.89. The Bertz CT molecular complexity index is 432. The lowest BCUT2D eigenvalue weighted by molar-refractivity contribution is 0.0907. The molecule has 1 fully saturated rings. The summed E-state index contributed by atoms with van der Waals surface area (Å²) in [4.78, 5) is 12.5. The van der Waals surface area contributed by atoms with E-state index >= 15 is 0 Å². The first-order valence-corrected chi connectivity index (χ1v) is 7.02. The molecule has 0 radical (unpaired) electrons. The summed E-state index contributed by atoms with van der Waals surface area (Å²) in [7, 11) is 3.20. The van der Waals surface area contributed by atoms with E-state index in [-0.39, 0.29) is 11.7 Å². The highest BCUT2D eigenvalue weighted by atomic mass is 16.5. The zero-order valence-electron chi connectivity index (χ0n) is 11.8. The fraction of sp³-hybridized carbons (Fsp3) is 0.562. The van der Waals surface area contributed by atoms with Gasteiger partial charge in [-0.2, -0.15) is 0 Å². The van der Waals surface area contributed by atoms with Gasteiger partial charge in [-0.15, -0.1) is 0 Å². The van der Waals surface area contributed by atoms with Crippen LogP contribution in [0.3, 0.4) is 0 Å². The molecule has 0 N–H and O–H groups in total. The topological polar surface area (TPSA) is 35.5 Å². The molecule has 1 saturated carbocycles.